The number of benzene rings is 1. The van der Waals surface area contributed by atoms with Gasteiger partial charge in [-0.25, -0.2) is 0 Å². The number of para-hydroxylation sites is 2. The third-order valence-corrected chi connectivity index (χ3v) is 3.93. The van der Waals surface area contributed by atoms with Gasteiger partial charge in [0.1, 0.15) is 11.7 Å². The van der Waals surface area contributed by atoms with Crippen molar-refractivity contribution in [2.24, 2.45) is 11.8 Å². The lowest BCUT2D eigenvalue weighted by Gasteiger charge is -2.21. The van der Waals surface area contributed by atoms with E-state index in [4.69, 9.17) is 9.47 Å². The first kappa shape index (κ1) is 14.6. The van der Waals surface area contributed by atoms with E-state index in [0.717, 1.165) is 0 Å². The van der Waals surface area contributed by atoms with Crippen molar-refractivity contribution in [3.8, 4) is 5.75 Å². The lowest BCUT2D eigenvalue weighted by Crippen LogP contribution is -2.39. The number of carbonyl (C=O) groups excluding carboxylic acids is 1. The molecule has 0 saturated carbocycles. The summed E-state index contributed by atoms with van der Waals surface area (Å²) in [4.78, 5) is 23.9. The van der Waals surface area contributed by atoms with E-state index in [9.17, 15) is 14.7 Å². The zero-order valence-electron chi connectivity index (χ0n) is 12.1. The number of hydrogen-bond donors (Lipinski definition) is 2. The Kier molecular flexibility index (Phi) is 3.85. The van der Waals surface area contributed by atoms with Crippen LogP contribution in [0.2, 0.25) is 0 Å². The van der Waals surface area contributed by atoms with Gasteiger partial charge < -0.3 is 19.9 Å². The minimum Gasteiger partial charge on any atom is -0.492 e. The molecule has 1 aromatic rings. The molecular weight excluding hydrogens is 286 g/mol. The van der Waals surface area contributed by atoms with Crippen LogP contribution in [0.4, 0.5) is 5.69 Å². The zero-order valence-corrected chi connectivity index (χ0v) is 12.1. The molecule has 3 rings (SSSR count). The van der Waals surface area contributed by atoms with Crippen LogP contribution in [-0.4, -0.2) is 35.8 Å². The van der Waals surface area contributed by atoms with Crippen molar-refractivity contribution in [2.45, 2.75) is 19.1 Å². The second kappa shape index (κ2) is 5.81. The number of rotatable bonds is 5. The minimum atomic E-state index is -1.02. The average Bonchev–Trinajstić information content (AvgIpc) is 3.10. The average molecular weight is 303 g/mol. The maximum Gasteiger partial charge on any atom is 0.310 e. The number of carboxylic acid groups (broad SMARTS) is 1. The molecule has 6 heteroatoms. The van der Waals surface area contributed by atoms with E-state index >= 15 is 0 Å². The second-order valence-electron chi connectivity index (χ2n) is 5.26. The third kappa shape index (κ3) is 2.46. The fourth-order valence-corrected chi connectivity index (χ4v) is 2.98. The van der Waals surface area contributed by atoms with Gasteiger partial charge in [-0.2, -0.15) is 0 Å². The molecule has 2 heterocycles. The summed E-state index contributed by atoms with van der Waals surface area (Å²) in [7, 11) is 0. The van der Waals surface area contributed by atoms with Crippen LogP contribution >= 0.6 is 0 Å². The maximum absolute atomic E-state index is 12.5. The van der Waals surface area contributed by atoms with E-state index in [0.29, 0.717) is 18.0 Å². The summed E-state index contributed by atoms with van der Waals surface area (Å²) in [5, 5.41) is 12.1. The first-order valence-electron chi connectivity index (χ1n) is 7.21. The van der Waals surface area contributed by atoms with Gasteiger partial charge in [0, 0.05) is 0 Å². The molecule has 116 valence electrons. The van der Waals surface area contributed by atoms with Crippen molar-refractivity contribution in [2.75, 3.05) is 11.9 Å². The molecule has 2 aliphatic rings. The van der Waals surface area contributed by atoms with Gasteiger partial charge in [-0.3, -0.25) is 9.59 Å². The van der Waals surface area contributed by atoms with Crippen LogP contribution in [0.1, 0.15) is 6.92 Å². The van der Waals surface area contributed by atoms with Gasteiger partial charge in [-0.1, -0.05) is 24.3 Å². The van der Waals surface area contributed by atoms with Gasteiger partial charge in [0.15, 0.2) is 0 Å². The van der Waals surface area contributed by atoms with Gasteiger partial charge >= 0.3 is 5.97 Å². The van der Waals surface area contributed by atoms with Crippen LogP contribution in [0.25, 0.3) is 0 Å². The predicted octanol–water partition coefficient (Wildman–Crippen LogP) is 1.68. The lowest BCUT2D eigenvalue weighted by molar-refractivity contribution is -0.145. The van der Waals surface area contributed by atoms with Crippen LogP contribution in [0, 0.1) is 11.8 Å². The largest absolute Gasteiger partial charge is 0.492 e. The molecule has 2 aliphatic heterocycles. The van der Waals surface area contributed by atoms with Gasteiger partial charge in [0.25, 0.3) is 0 Å². The molecule has 2 bridgehead atoms. The summed E-state index contributed by atoms with van der Waals surface area (Å²) >= 11 is 0. The number of fused-ring (bicyclic) bond motifs is 2. The molecule has 4 atom stereocenters. The number of nitrogens with one attached hydrogen (secondary N) is 1. The second-order valence-corrected chi connectivity index (χ2v) is 5.26. The molecule has 0 unspecified atom stereocenters. The smallest absolute Gasteiger partial charge is 0.310 e. The molecule has 1 amide bonds. The Balaban J connectivity index is 1.80. The normalized spacial score (nSPS) is 28.6. The first-order chi connectivity index (χ1) is 10.6. The summed E-state index contributed by atoms with van der Waals surface area (Å²) in [5.41, 5.74) is 0.533. The minimum absolute atomic E-state index is 0.364. The van der Waals surface area contributed by atoms with E-state index < -0.39 is 30.0 Å². The molecule has 0 aliphatic carbocycles. The first-order valence-corrected chi connectivity index (χ1v) is 7.21. The van der Waals surface area contributed by atoms with Crippen molar-refractivity contribution in [1.82, 2.24) is 0 Å². The Morgan fingerprint density at radius 2 is 1.91 bits per heavy atom. The molecule has 22 heavy (non-hydrogen) atoms. The Labute approximate surface area is 127 Å². The Hall–Kier alpha value is -2.34. The number of amides is 1. The molecule has 1 fully saturated rings. The van der Waals surface area contributed by atoms with E-state index in [1.54, 1.807) is 30.4 Å². The summed E-state index contributed by atoms with van der Waals surface area (Å²) in [6, 6.07) is 7.07. The molecule has 1 saturated heterocycles. The van der Waals surface area contributed by atoms with E-state index in [1.807, 2.05) is 13.0 Å². The van der Waals surface area contributed by atoms with Crippen molar-refractivity contribution in [1.29, 1.82) is 0 Å². The highest BCUT2D eigenvalue weighted by atomic mass is 16.5. The summed E-state index contributed by atoms with van der Waals surface area (Å²) in [6.07, 6.45) is 2.45. The van der Waals surface area contributed by atoms with Gasteiger partial charge in [0.05, 0.1) is 30.4 Å². The van der Waals surface area contributed by atoms with E-state index in [2.05, 4.69) is 5.32 Å². The fourth-order valence-electron chi connectivity index (χ4n) is 2.98. The van der Waals surface area contributed by atoms with Crippen LogP contribution in [-0.2, 0) is 14.3 Å². The molecule has 6 nitrogen and oxygen atoms in total. The van der Waals surface area contributed by atoms with Crippen molar-refractivity contribution >= 4 is 17.6 Å². The molecule has 2 N–H and O–H groups in total. The number of hydrogen-bond acceptors (Lipinski definition) is 4. The maximum atomic E-state index is 12.5. The monoisotopic (exact) mass is 303 g/mol. The topological polar surface area (TPSA) is 84.9 Å². The SMILES string of the molecule is CCOc1ccccc1NC(=O)[C@H]1[C@@H](C(=O)O)[C@@H]2C=C[C@@H]1O2. The molecule has 0 radical (unpaired) electrons. The standard InChI is InChI=1S/C16H17NO5/c1-2-21-10-6-4-3-5-9(10)17-15(18)13-11-7-8-12(22-11)14(13)16(19)20/h3-8,11-14H,2H2,1H3,(H,17,18)(H,19,20)/t11-,12-,13+,14-/m0/s1. The summed E-state index contributed by atoms with van der Waals surface area (Å²) in [5.74, 6) is -2.41. The number of carbonyl (C=O) groups is 2. The van der Waals surface area contributed by atoms with E-state index in [1.165, 1.54) is 0 Å². The summed E-state index contributed by atoms with van der Waals surface area (Å²) in [6.45, 7) is 2.33. The van der Waals surface area contributed by atoms with Gasteiger partial charge in [-0.15, -0.1) is 0 Å². The quantitative estimate of drug-likeness (QED) is 0.808. The fraction of sp³-hybridized carbons (Fsp3) is 0.375. The van der Waals surface area contributed by atoms with E-state index in [-0.39, 0.29) is 5.91 Å². The highest BCUT2D eigenvalue weighted by Crippen LogP contribution is 2.40. The molecule has 0 spiro atoms. The van der Waals surface area contributed by atoms with Crippen LogP contribution in [0.3, 0.4) is 0 Å². The number of anilines is 1. The van der Waals surface area contributed by atoms with Crippen molar-refractivity contribution in [3.05, 3.63) is 36.4 Å². The number of carboxylic acids is 1. The van der Waals surface area contributed by atoms with Crippen LogP contribution in [0.15, 0.2) is 36.4 Å². The zero-order chi connectivity index (χ0) is 15.7. The predicted molar refractivity (Wildman–Crippen MR) is 78.7 cm³/mol. The number of aliphatic carboxylic acids is 1. The highest BCUT2D eigenvalue weighted by Gasteiger charge is 2.53. The summed E-state index contributed by atoms with van der Waals surface area (Å²) < 4.78 is 11.0. The van der Waals surface area contributed by atoms with Crippen molar-refractivity contribution in [3.63, 3.8) is 0 Å². The molecule has 1 aromatic carbocycles. The van der Waals surface area contributed by atoms with Crippen LogP contribution < -0.4 is 10.1 Å². The third-order valence-electron chi connectivity index (χ3n) is 3.93. The Morgan fingerprint density at radius 1 is 1.23 bits per heavy atom. The molecular formula is C16H17NO5. The number of ether oxygens (including phenoxy) is 2. The molecule has 0 aromatic heterocycles. The Morgan fingerprint density at radius 3 is 2.59 bits per heavy atom. The van der Waals surface area contributed by atoms with Crippen LogP contribution in [0.5, 0.6) is 5.75 Å². The van der Waals surface area contributed by atoms with Crippen molar-refractivity contribution < 1.29 is 24.2 Å². The Bertz CT molecular complexity index is 627. The van der Waals surface area contributed by atoms with Gasteiger partial charge in [-0.05, 0) is 19.1 Å². The highest BCUT2D eigenvalue weighted by molar-refractivity contribution is 5.97. The van der Waals surface area contributed by atoms with Gasteiger partial charge in [0.2, 0.25) is 5.91 Å². The lowest BCUT2D eigenvalue weighted by atomic mass is 9.82.